The second kappa shape index (κ2) is 3.22. The molecule has 1 N–H and O–H groups in total. The van der Waals surface area contributed by atoms with Crippen molar-refractivity contribution in [2.75, 3.05) is 0 Å². The van der Waals surface area contributed by atoms with Gasteiger partial charge in [-0.15, -0.1) is 0 Å². The van der Waals surface area contributed by atoms with Gasteiger partial charge in [0.2, 0.25) is 0 Å². The number of hydrogen-bond donors (Lipinski definition) is 1. The van der Waals surface area contributed by atoms with E-state index in [1.54, 1.807) is 7.05 Å². The largest absolute Gasteiger partial charge is 0.477 e. The van der Waals surface area contributed by atoms with Crippen LogP contribution in [0.15, 0.2) is 10.9 Å². The molecule has 0 spiro atoms. The zero-order chi connectivity index (χ0) is 11.2. The van der Waals surface area contributed by atoms with E-state index >= 15 is 0 Å². The van der Waals surface area contributed by atoms with Gasteiger partial charge in [0.05, 0.1) is 0 Å². The first kappa shape index (κ1) is 9.96. The Kier molecular flexibility index (Phi) is 2.14. The number of aromatic nitrogens is 1. The third-order valence-electron chi connectivity index (χ3n) is 3.15. The predicted molar refractivity (Wildman–Crippen MR) is 55.4 cm³/mol. The molecule has 0 bridgehead atoms. The van der Waals surface area contributed by atoms with E-state index in [1.165, 1.54) is 10.6 Å². The molecule has 4 nitrogen and oxygen atoms in total. The molecule has 0 unspecified atom stereocenters. The molecule has 1 aromatic rings. The molecule has 1 aromatic heterocycles. The van der Waals surface area contributed by atoms with E-state index in [0.29, 0.717) is 5.92 Å². The number of carboxylic acids is 1. The first-order valence-corrected chi connectivity index (χ1v) is 4.98. The molecule has 0 aromatic carbocycles. The van der Waals surface area contributed by atoms with Gasteiger partial charge in [0.1, 0.15) is 5.56 Å². The number of carbonyl (C=O) groups is 1. The fourth-order valence-corrected chi connectivity index (χ4v) is 2.20. The first-order valence-electron chi connectivity index (χ1n) is 4.98. The van der Waals surface area contributed by atoms with Crippen molar-refractivity contribution in [1.82, 2.24) is 4.57 Å². The molecular formula is C11H13NO3. The van der Waals surface area contributed by atoms with Crippen LogP contribution in [0.3, 0.4) is 0 Å². The zero-order valence-electron chi connectivity index (χ0n) is 8.78. The number of nitrogens with zero attached hydrogens (tertiary/aromatic N) is 1. The highest BCUT2D eigenvalue weighted by Gasteiger charge is 2.24. The van der Waals surface area contributed by atoms with Gasteiger partial charge in [-0.25, -0.2) is 4.79 Å². The molecule has 0 fully saturated rings. The molecule has 0 saturated heterocycles. The first-order chi connectivity index (χ1) is 7.02. The van der Waals surface area contributed by atoms with Gasteiger partial charge in [-0.05, 0) is 30.4 Å². The minimum Gasteiger partial charge on any atom is -0.477 e. The number of rotatable bonds is 1. The topological polar surface area (TPSA) is 59.3 Å². The highest BCUT2D eigenvalue weighted by atomic mass is 16.4. The molecule has 1 heterocycles. The Balaban J connectivity index is 2.74. The van der Waals surface area contributed by atoms with Gasteiger partial charge in [0.15, 0.2) is 0 Å². The maximum Gasteiger partial charge on any atom is 0.341 e. The Morgan fingerprint density at radius 2 is 2.27 bits per heavy atom. The molecule has 80 valence electrons. The summed E-state index contributed by atoms with van der Waals surface area (Å²) in [7, 11) is 1.64. The van der Waals surface area contributed by atoms with Crippen molar-refractivity contribution in [3.05, 3.63) is 33.2 Å². The van der Waals surface area contributed by atoms with Crippen molar-refractivity contribution in [2.24, 2.45) is 7.05 Å². The SMILES string of the molecule is C[C@H]1CCc2c1cc(C(=O)O)c(=O)n2C. The molecule has 15 heavy (non-hydrogen) atoms. The second-order valence-electron chi connectivity index (χ2n) is 4.07. The van der Waals surface area contributed by atoms with Crippen molar-refractivity contribution in [1.29, 1.82) is 0 Å². The summed E-state index contributed by atoms with van der Waals surface area (Å²) in [6.07, 6.45) is 1.85. The van der Waals surface area contributed by atoms with E-state index in [-0.39, 0.29) is 5.56 Å². The summed E-state index contributed by atoms with van der Waals surface area (Å²) in [6.45, 7) is 2.06. The van der Waals surface area contributed by atoms with Crippen LogP contribution in [-0.2, 0) is 13.5 Å². The molecule has 4 heteroatoms. The van der Waals surface area contributed by atoms with Crippen LogP contribution in [0.25, 0.3) is 0 Å². The van der Waals surface area contributed by atoms with Crippen LogP contribution in [0.5, 0.6) is 0 Å². The van der Waals surface area contributed by atoms with Crippen molar-refractivity contribution >= 4 is 5.97 Å². The van der Waals surface area contributed by atoms with Crippen molar-refractivity contribution < 1.29 is 9.90 Å². The average molecular weight is 207 g/mol. The van der Waals surface area contributed by atoms with Crippen LogP contribution in [0.2, 0.25) is 0 Å². The highest BCUT2D eigenvalue weighted by molar-refractivity contribution is 5.87. The lowest BCUT2D eigenvalue weighted by molar-refractivity contribution is 0.0694. The Labute approximate surface area is 87.2 Å². The van der Waals surface area contributed by atoms with Crippen LogP contribution < -0.4 is 5.56 Å². The monoisotopic (exact) mass is 207 g/mol. The van der Waals surface area contributed by atoms with Gasteiger partial charge in [-0.1, -0.05) is 6.92 Å². The lowest BCUT2D eigenvalue weighted by Gasteiger charge is -2.09. The van der Waals surface area contributed by atoms with E-state index in [9.17, 15) is 9.59 Å². The number of aromatic carboxylic acids is 1. The van der Waals surface area contributed by atoms with Crippen molar-refractivity contribution in [2.45, 2.75) is 25.7 Å². The molecule has 0 saturated carbocycles. The lowest BCUT2D eigenvalue weighted by Crippen LogP contribution is -2.26. The minimum atomic E-state index is -1.14. The summed E-state index contributed by atoms with van der Waals surface area (Å²) in [5.41, 5.74) is 1.47. The van der Waals surface area contributed by atoms with Crippen LogP contribution in [0, 0.1) is 0 Å². The highest BCUT2D eigenvalue weighted by Crippen LogP contribution is 2.31. The van der Waals surface area contributed by atoms with Crippen molar-refractivity contribution in [3.8, 4) is 0 Å². The Bertz CT molecular complexity index is 487. The van der Waals surface area contributed by atoms with Gasteiger partial charge in [0, 0.05) is 12.7 Å². The predicted octanol–water partition coefficient (Wildman–Crippen LogP) is 1.13. The smallest absolute Gasteiger partial charge is 0.341 e. The summed E-state index contributed by atoms with van der Waals surface area (Å²) in [5.74, 6) is -0.789. The maximum absolute atomic E-state index is 11.7. The summed E-state index contributed by atoms with van der Waals surface area (Å²) in [6, 6.07) is 1.54. The van der Waals surface area contributed by atoms with Crippen LogP contribution in [0.4, 0.5) is 0 Å². The molecule has 0 radical (unpaired) electrons. The molecule has 0 amide bonds. The summed E-state index contributed by atoms with van der Waals surface area (Å²) < 4.78 is 1.47. The van der Waals surface area contributed by atoms with Crippen LogP contribution >= 0.6 is 0 Å². The number of fused-ring (bicyclic) bond motifs is 1. The van der Waals surface area contributed by atoms with Gasteiger partial charge < -0.3 is 9.67 Å². The maximum atomic E-state index is 11.7. The van der Waals surface area contributed by atoms with E-state index in [4.69, 9.17) is 5.11 Å². The Morgan fingerprint density at radius 3 is 2.87 bits per heavy atom. The minimum absolute atomic E-state index is 0.120. The molecule has 2 rings (SSSR count). The number of carboxylic acid groups (broad SMARTS) is 1. The fourth-order valence-electron chi connectivity index (χ4n) is 2.20. The average Bonchev–Trinajstić information content (AvgIpc) is 2.53. The quantitative estimate of drug-likeness (QED) is 0.751. The summed E-state index contributed by atoms with van der Waals surface area (Å²) in [5, 5.41) is 8.89. The van der Waals surface area contributed by atoms with Gasteiger partial charge in [-0.3, -0.25) is 4.79 Å². The third kappa shape index (κ3) is 1.37. The normalized spacial score (nSPS) is 18.9. The van der Waals surface area contributed by atoms with Crippen molar-refractivity contribution in [3.63, 3.8) is 0 Å². The number of hydrogen-bond acceptors (Lipinski definition) is 2. The van der Waals surface area contributed by atoms with Crippen LogP contribution in [-0.4, -0.2) is 15.6 Å². The fraction of sp³-hybridized carbons (Fsp3) is 0.455. The molecule has 1 aliphatic carbocycles. The number of pyridine rings is 1. The molecule has 0 aliphatic heterocycles. The van der Waals surface area contributed by atoms with Gasteiger partial charge in [-0.2, -0.15) is 0 Å². The van der Waals surface area contributed by atoms with E-state index in [2.05, 4.69) is 6.92 Å². The molecule has 1 aliphatic rings. The van der Waals surface area contributed by atoms with Gasteiger partial charge >= 0.3 is 5.97 Å². The summed E-state index contributed by atoms with van der Waals surface area (Å²) >= 11 is 0. The second-order valence-corrected chi connectivity index (χ2v) is 4.07. The molecule has 1 atom stereocenters. The van der Waals surface area contributed by atoms with Gasteiger partial charge in [0.25, 0.3) is 5.56 Å². The lowest BCUT2D eigenvalue weighted by atomic mass is 10.0. The van der Waals surface area contributed by atoms with E-state index in [0.717, 1.165) is 24.1 Å². The van der Waals surface area contributed by atoms with E-state index < -0.39 is 11.5 Å². The Hall–Kier alpha value is -1.58. The zero-order valence-corrected chi connectivity index (χ0v) is 8.78. The van der Waals surface area contributed by atoms with Crippen LogP contribution in [0.1, 0.15) is 40.9 Å². The summed E-state index contributed by atoms with van der Waals surface area (Å²) in [4.78, 5) is 22.5. The Morgan fingerprint density at radius 1 is 1.60 bits per heavy atom. The third-order valence-corrected chi connectivity index (χ3v) is 3.15. The standard InChI is InChI=1S/C11H13NO3/c1-6-3-4-9-7(6)5-8(11(14)15)10(13)12(9)2/h5-6H,3-4H2,1-2H3,(H,14,15)/t6-/m0/s1. The molecular weight excluding hydrogens is 194 g/mol. The van der Waals surface area contributed by atoms with E-state index in [1.807, 2.05) is 0 Å².